The summed E-state index contributed by atoms with van der Waals surface area (Å²) in [6.45, 7) is 8.59. The molecule has 0 aliphatic rings. The molecule has 0 radical (unpaired) electrons. The zero-order valence-corrected chi connectivity index (χ0v) is 14.4. The van der Waals surface area contributed by atoms with Gasteiger partial charge in [-0.2, -0.15) is 5.10 Å². The van der Waals surface area contributed by atoms with E-state index >= 15 is 0 Å². The van der Waals surface area contributed by atoms with Gasteiger partial charge in [0.15, 0.2) is 0 Å². The van der Waals surface area contributed by atoms with Gasteiger partial charge < -0.3 is 9.97 Å². The zero-order chi connectivity index (χ0) is 16.9. The van der Waals surface area contributed by atoms with E-state index < -0.39 is 0 Å². The van der Waals surface area contributed by atoms with Crippen LogP contribution in [0.1, 0.15) is 50.7 Å². The molecule has 0 saturated carbocycles. The Morgan fingerprint density at radius 3 is 2.67 bits per heavy atom. The molecular formula is C19H21N5. The molecule has 0 bridgehead atoms. The van der Waals surface area contributed by atoms with Gasteiger partial charge in [-0.25, -0.2) is 0 Å². The first-order valence-corrected chi connectivity index (χ1v) is 8.25. The van der Waals surface area contributed by atoms with E-state index in [0.29, 0.717) is 5.92 Å². The normalized spacial score (nSPS) is 12.5. The maximum Gasteiger partial charge on any atom is 0.111 e. The van der Waals surface area contributed by atoms with Gasteiger partial charge in [-0.3, -0.25) is 4.98 Å². The first kappa shape index (κ1) is 14.9. The molecule has 0 aliphatic heterocycles. The van der Waals surface area contributed by atoms with Crippen LogP contribution in [0.15, 0.2) is 36.7 Å². The number of fused-ring (bicyclic) bond motifs is 2. The molecule has 5 heteroatoms. The highest BCUT2D eigenvalue weighted by Crippen LogP contribution is 2.32. The number of hydrogen-bond donors (Lipinski definition) is 2. The molecule has 4 aromatic heterocycles. The van der Waals surface area contributed by atoms with Gasteiger partial charge in [-0.05, 0) is 44.0 Å². The molecule has 4 aromatic rings. The van der Waals surface area contributed by atoms with Crippen molar-refractivity contribution < 1.29 is 0 Å². The number of nitrogens with one attached hydrogen (secondary N) is 2. The summed E-state index contributed by atoms with van der Waals surface area (Å²) in [7, 11) is 0. The molecule has 24 heavy (non-hydrogen) atoms. The quantitative estimate of drug-likeness (QED) is 0.592. The van der Waals surface area contributed by atoms with Gasteiger partial charge in [0.25, 0.3) is 0 Å². The van der Waals surface area contributed by atoms with Crippen LogP contribution in [0.2, 0.25) is 0 Å². The van der Waals surface area contributed by atoms with E-state index in [1.807, 2.05) is 18.5 Å². The maximum absolute atomic E-state index is 4.67. The lowest BCUT2D eigenvalue weighted by molar-refractivity contribution is 0.602. The number of hydrogen-bond acceptors (Lipinski definition) is 3. The summed E-state index contributed by atoms with van der Waals surface area (Å²) in [5.41, 5.74) is 5.87. The first-order chi connectivity index (χ1) is 11.4. The third-order valence-electron chi connectivity index (χ3n) is 4.73. The Balaban J connectivity index is 1.81. The Kier molecular flexibility index (Phi) is 3.20. The smallest absolute Gasteiger partial charge is 0.111 e. The highest BCUT2D eigenvalue weighted by Gasteiger charge is 2.27. The molecule has 122 valence electrons. The lowest BCUT2D eigenvalue weighted by atomic mass is 9.85. The summed E-state index contributed by atoms with van der Waals surface area (Å²) in [5, 5.41) is 9.81. The molecule has 2 N–H and O–H groups in total. The fraction of sp³-hybridized carbons (Fsp3) is 0.316. The Hall–Kier alpha value is -2.69. The number of pyridine rings is 1. The van der Waals surface area contributed by atoms with Gasteiger partial charge >= 0.3 is 0 Å². The summed E-state index contributed by atoms with van der Waals surface area (Å²) >= 11 is 0. The minimum atomic E-state index is -0.252. The molecule has 0 fully saturated rings. The summed E-state index contributed by atoms with van der Waals surface area (Å²) in [5.74, 6) is 0.360. The van der Waals surface area contributed by atoms with Gasteiger partial charge in [0.05, 0.1) is 16.9 Å². The highest BCUT2D eigenvalue weighted by molar-refractivity contribution is 5.79. The Morgan fingerprint density at radius 1 is 1.04 bits per heavy atom. The first-order valence-electron chi connectivity index (χ1n) is 8.25. The minimum Gasteiger partial charge on any atom is -0.361 e. The molecule has 0 atom stereocenters. The fourth-order valence-electron chi connectivity index (χ4n) is 2.98. The van der Waals surface area contributed by atoms with Crippen molar-refractivity contribution in [2.24, 2.45) is 0 Å². The Labute approximate surface area is 140 Å². The molecule has 0 amide bonds. The van der Waals surface area contributed by atoms with Crippen molar-refractivity contribution in [3.8, 4) is 0 Å². The number of aromatic amines is 2. The van der Waals surface area contributed by atoms with Crippen molar-refractivity contribution in [2.45, 2.75) is 39.0 Å². The van der Waals surface area contributed by atoms with Crippen molar-refractivity contribution in [1.82, 2.24) is 25.1 Å². The number of aromatic nitrogens is 5. The molecule has 0 aliphatic carbocycles. The van der Waals surface area contributed by atoms with E-state index in [1.54, 1.807) is 0 Å². The van der Waals surface area contributed by atoms with E-state index in [1.165, 1.54) is 0 Å². The topological polar surface area (TPSA) is 70.2 Å². The average molecular weight is 319 g/mol. The summed E-state index contributed by atoms with van der Waals surface area (Å²) in [6.07, 6.45) is 3.86. The SMILES string of the molecule is CC(C)c1cc2[nH]c(C(C)(C)c3cc4[nH]ccc4cn3)cc2nn1. The predicted octanol–water partition coefficient (Wildman–Crippen LogP) is 4.28. The monoisotopic (exact) mass is 319 g/mol. The Morgan fingerprint density at radius 2 is 1.88 bits per heavy atom. The van der Waals surface area contributed by atoms with Crippen LogP contribution >= 0.6 is 0 Å². The third kappa shape index (κ3) is 2.28. The van der Waals surface area contributed by atoms with Crippen LogP contribution in [-0.2, 0) is 5.41 Å². The molecule has 0 unspecified atom stereocenters. The van der Waals surface area contributed by atoms with Gasteiger partial charge in [0, 0.05) is 34.4 Å². The van der Waals surface area contributed by atoms with E-state index in [2.05, 4.69) is 71.0 Å². The van der Waals surface area contributed by atoms with Crippen molar-refractivity contribution in [3.63, 3.8) is 0 Å². The summed E-state index contributed by atoms with van der Waals surface area (Å²) < 4.78 is 0. The van der Waals surface area contributed by atoms with Crippen LogP contribution < -0.4 is 0 Å². The largest absolute Gasteiger partial charge is 0.361 e. The Bertz CT molecular complexity index is 1020. The van der Waals surface area contributed by atoms with E-state index in [9.17, 15) is 0 Å². The van der Waals surface area contributed by atoms with Crippen molar-refractivity contribution in [3.05, 3.63) is 53.7 Å². The van der Waals surface area contributed by atoms with Crippen LogP contribution in [0.3, 0.4) is 0 Å². The minimum absolute atomic E-state index is 0.252. The fourth-order valence-corrected chi connectivity index (χ4v) is 2.98. The molecular weight excluding hydrogens is 298 g/mol. The maximum atomic E-state index is 4.67. The van der Waals surface area contributed by atoms with Crippen LogP contribution in [0, 0.1) is 0 Å². The van der Waals surface area contributed by atoms with E-state index in [-0.39, 0.29) is 5.41 Å². The van der Waals surface area contributed by atoms with Crippen LogP contribution in [0.25, 0.3) is 21.9 Å². The van der Waals surface area contributed by atoms with Crippen molar-refractivity contribution in [1.29, 1.82) is 0 Å². The lowest BCUT2D eigenvalue weighted by Crippen LogP contribution is -2.20. The lowest BCUT2D eigenvalue weighted by Gasteiger charge is -2.22. The van der Waals surface area contributed by atoms with Crippen molar-refractivity contribution in [2.75, 3.05) is 0 Å². The number of nitrogens with zero attached hydrogens (tertiary/aromatic N) is 3. The second kappa shape index (κ2) is 5.16. The van der Waals surface area contributed by atoms with Gasteiger partial charge in [-0.1, -0.05) is 13.8 Å². The van der Waals surface area contributed by atoms with Crippen LogP contribution in [-0.4, -0.2) is 25.1 Å². The molecule has 0 aromatic carbocycles. The second-order valence-corrected chi connectivity index (χ2v) is 7.17. The average Bonchev–Trinajstić information content (AvgIpc) is 3.19. The van der Waals surface area contributed by atoms with Crippen molar-refractivity contribution >= 4 is 21.9 Å². The summed E-state index contributed by atoms with van der Waals surface area (Å²) in [4.78, 5) is 11.4. The highest BCUT2D eigenvalue weighted by atomic mass is 15.1. The van der Waals surface area contributed by atoms with Crippen LogP contribution in [0.4, 0.5) is 0 Å². The molecule has 0 saturated heterocycles. The second-order valence-electron chi connectivity index (χ2n) is 7.17. The van der Waals surface area contributed by atoms with E-state index in [0.717, 1.165) is 39.0 Å². The van der Waals surface area contributed by atoms with Gasteiger partial charge in [0.2, 0.25) is 0 Å². The van der Waals surface area contributed by atoms with Crippen LogP contribution in [0.5, 0.6) is 0 Å². The summed E-state index contributed by atoms with van der Waals surface area (Å²) in [6, 6.07) is 8.32. The molecule has 4 heterocycles. The zero-order valence-electron chi connectivity index (χ0n) is 14.4. The predicted molar refractivity (Wildman–Crippen MR) is 96.2 cm³/mol. The molecule has 5 nitrogen and oxygen atoms in total. The number of rotatable bonds is 3. The number of H-pyrrole nitrogens is 2. The van der Waals surface area contributed by atoms with Gasteiger partial charge in [-0.15, -0.1) is 5.10 Å². The molecule has 0 spiro atoms. The molecule has 4 rings (SSSR count). The van der Waals surface area contributed by atoms with Gasteiger partial charge in [0.1, 0.15) is 5.52 Å². The van der Waals surface area contributed by atoms with E-state index in [4.69, 9.17) is 0 Å². The standard InChI is InChI=1S/C19H21N5/c1-11(2)13-7-15-16(24-23-13)9-18(22-15)19(3,4)17-8-14-12(10-21-17)5-6-20-14/h5-11,20,22H,1-4H3. The third-order valence-corrected chi connectivity index (χ3v) is 4.73.